The van der Waals surface area contributed by atoms with Crippen LogP contribution in [0.1, 0.15) is 27.2 Å². The molecule has 1 amide bonds. The van der Waals surface area contributed by atoms with Gasteiger partial charge in [-0.1, -0.05) is 11.6 Å². The Morgan fingerprint density at radius 2 is 1.83 bits per heavy atom. The summed E-state index contributed by atoms with van der Waals surface area (Å²) >= 11 is 0. The molecular weight excluding hydrogens is 397 g/mol. The van der Waals surface area contributed by atoms with E-state index in [1.165, 1.54) is 12.1 Å². The maximum Gasteiger partial charge on any atom is 0.416 e. The largest absolute Gasteiger partial charge is 0.491 e. The number of rotatable bonds is 6. The molecule has 0 saturated carbocycles. The third kappa shape index (κ3) is 5.27. The molecule has 1 aromatic heterocycles. The van der Waals surface area contributed by atoms with Crippen molar-refractivity contribution in [3.63, 3.8) is 0 Å². The number of aromatic nitrogens is 1. The summed E-state index contributed by atoms with van der Waals surface area (Å²) in [5.74, 6) is -0.163. The highest BCUT2D eigenvalue weighted by Gasteiger charge is 2.30. The summed E-state index contributed by atoms with van der Waals surface area (Å²) in [5.41, 5.74) is 2.07. The third-order valence-corrected chi connectivity index (χ3v) is 4.46. The summed E-state index contributed by atoms with van der Waals surface area (Å²) in [6, 6.07) is 11.5. The molecule has 0 spiro atoms. The molecule has 30 heavy (non-hydrogen) atoms. The second kappa shape index (κ2) is 8.71. The van der Waals surface area contributed by atoms with Crippen LogP contribution in [-0.4, -0.2) is 35.3 Å². The predicted octanol–water partition coefficient (Wildman–Crippen LogP) is 4.04. The fourth-order valence-corrected chi connectivity index (χ4v) is 2.96. The quantitative estimate of drug-likeness (QED) is 0.634. The molecule has 1 atom stereocenters. The SMILES string of the molecule is Cc1ccc2nc(C)cc(C(=O)NCC(O)COc3ccc(C(F)(F)F)cc3)c2c1. The summed E-state index contributed by atoms with van der Waals surface area (Å²) in [6.45, 7) is 3.46. The number of nitrogens with one attached hydrogen (secondary N) is 1. The number of alkyl halides is 3. The number of nitrogens with zero attached hydrogens (tertiary/aromatic N) is 1. The molecule has 3 aromatic rings. The highest BCUT2D eigenvalue weighted by atomic mass is 19.4. The minimum Gasteiger partial charge on any atom is -0.491 e. The third-order valence-electron chi connectivity index (χ3n) is 4.46. The van der Waals surface area contributed by atoms with Crippen LogP contribution in [0.3, 0.4) is 0 Å². The van der Waals surface area contributed by atoms with Gasteiger partial charge in [-0.3, -0.25) is 9.78 Å². The number of aliphatic hydroxyl groups excluding tert-OH is 1. The lowest BCUT2D eigenvalue weighted by molar-refractivity contribution is -0.137. The first-order valence-electron chi connectivity index (χ1n) is 9.28. The van der Waals surface area contributed by atoms with Gasteiger partial charge in [-0.05, 0) is 56.3 Å². The van der Waals surface area contributed by atoms with E-state index in [9.17, 15) is 23.1 Å². The molecule has 158 valence electrons. The highest BCUT2D eigenvalue weighted by molar-refractivity contribution is 6.06. The number of carbonyl (C=O) groups is 1. The Bertz CT molecular complexity index is 1050. The number of ether oxygens (including phenoxy) is 1. The Morgan fingerprint density at radius 1 is 1.13 bits per heavy atom. The molecule has 0 radical (unpaired) electrons. The van der Waals surface area contributed by atoms with Gasteiger partial charge in [0, 0.05) is 17.6 Å². The second-order valence-electron chi connectivity index (χ2n) is 7.03. The van der Waals surface area contributed by atoms with Crippen molar-refractivity contribution in [1.29, 1.82) is 0 Å². The molecule has 0 aliphatic heterocycles. The van der Waals surface area contributed by atoms with Crippen molar-refractivity contribution in [2.75, 3.05) is 13.2 Å². The van der Waals surface area contributed by atoms with E-state index >= 15 is 0 Å². The van der Waals surface area contributed by atoms with Gasteiger partial charge in [-0.2, -0.15) is 13.2 Å². The van der Waals surface area contributed by atoms with Crippen molar-refractivity contribution in [3.05, 3.63) is 70.9 Å². The van der Waals surface area contributed by atoms with Gasteiger partial charge in [0.05, 0.1) is 16.6 Å². The van der Waals surface area contributed by atoms with Crippen LogP contribution in [0.2, 0.25) is 0 Å². The lowest BCUT2D eigenvalue weighted by Gasteiger charge is -2.15. The van der Waals surface area contributed by atoms with Gasteiger partial charge in [-0.15, -0.1) is 0 Å². The zero-order valence-electron chi connectivity index (χ0n) is 16.5. The molecule has 1 heterocycles. The number of aliphatic hydroxyl groups is 1. The minimum atomic E-state index is -4.42. The molecule has 0 aliphatic carbocycles. The maximum atomic E-state index is 12.6. The lowest BCUT2D eigenvalue weighted by Crippen LogP contribution is -2.35. The van der Waals surface area contributed by atoms with Crippen LogP contribution >= 0.6 is 0 Å². The van der Waals surface area contributed by atoms with Crippen LogP contribution in [0.4, 0.5) is 13.2 Å². The van der Waals surface area contributed by atoms with Crippen molar-refractivity contribution < 1.29 is 27.8 Å². The molecule has 0 bridgehead atoms. The molecule has 3 rings (SSSR count). The number of benzene rings is 2. The van der Waals surface area contributed by atoms with E-state index in [0.717, 1.165) is 17.7 Å². The Labute approximate surface area is 171 Å². The highest BCUT2D eigenvalue weighted by Crippen LogP contribution is 2.30. The molecule has 0 aliphatic rings. The fraction of sp³-hybridized carbons (Fsp3) is 0.273. The van der Waals surface area contributed by atoms with Crippen LogP contribution in [-0.2, 0) is 6.18 Å². The van der Waals surface area contributed by atoms with Gasteiger partial charge >= 0.3 is 6.18 Å². The number of pyridine rings is 1. The summed E-state index contributed by atoms with van der Waals surface area (Å²) in [7, 11) is 0. The molecule has 8 heteroatoms. The second-order valence-corrected chi connectivity index (χ2v) is 7.03. The van der Waals surface area contributed by atoms with E-state index in [1.54, 1.807) is 13.0 Å². The van der Waals surface area contributed by atoms with Crippen molar-refractivity contribution in [2.24, 2.45) is 0 Å². The van der Waals surface area contributed by atoms with Crippen molar-refractivity contribution in [1.82, 2.24) is 10.3 Å². The summed E-state index contributed by atoms with van der Waals surface area (Å²) in [5, 5.41) is 13.4. The smallest absolute Gasteiger partial charge is 0.416 e. The summed E-state index contributed by atoms with van der Waals surface area (Å²) < 4.78 is 43.0. The number of halogens is 3. The fourth-order valence-electron chi connectivity index (χ4n) is 2.96. The van der Waals surface area contributed by atoms with Crippen LogP contribution in [0.5, 0.6) is 5.75 Å². The predicted molar refractivity (Wildman–Crippen MR) is 106 cm³/mol. The van der Waals surface area contributed by atoms with E-state index in [0.29, 0.717) is 22.2 Å². The van der Waals surface area contributed by atoms with E-state index in [1.807, 2.05) is 25.1 Å². The van der Waals surface area contributed by atoms with E-state index < -0.39 is 17.8 Å². The Balaban J connectivity index is 1.58. The normalized spacial score (nSPS) is 12.6. The number of carbonyl (C=O) groups excluding carboxylic acids is 1. The van der Waals surface area contributed by atoms with Gasteiger partial charge in [0.2, 0.25) is 0 Å². The Morgan fingerprint density at radius 3 is 2.50 bits per heavy atom. The van der Waals surface area contributed by atoms with Gasteiger partial charge in [0.1, 0.15) is 18.5 Å². The average Bonchev–Trinajstić information content (AvgIpc) is 2.69. The summed E-state index contributed by atoms with van der Waals surface area (Å²) in [4.78, 5) is 17.1. The van der Waals surface area contributed by atoms with E-state index in [4.69, 9.17) is 4.74 Å². The molecular formula is C22H21F3N2O3. The molecule has 2 aromatic carbocycles. The van der Waals surface area contributed by atoms with Crippen molar-refractivity contribution in [2.45, 2.75) is 26.1 Å². The van der Waals surface area contributed by atoms with Crippen molar-refractivity contribution in [3.8, 4) is 5.75 Å². The van der Waals surface area contributed by atoms with Gasteiger partial charge in [0.25, 0.3) is 5.91 Å². The molecule has 5 nitrogen and oxygen atoms in total. The minimum absolute atomic E-state index is 0.0753. The van der Waals surface area contributed by atoms with Gasteiger partial charge < -0.3 is 15.2 Å². The number of hydrogen-bond acceptors (Lipinski definition) is 4. The average molecular weight is 418 g/mol. The Hall–Kier alpha value is -3.13. The first-order valence-corrected chi connectivity index (χ1v) is 9.28. The van der Waals surface area contributed by atoms with Crippen molar-refractivity contribution >= 4 is 16.8 Å². The molecule has 2 N–H and O–H groups in total. The topological polar surface area (TPSA) is 71.5 Å². The van der Waals surface area contributed by atoms with Gasteiger partial charge in [-0.25, -0.2) is 0 Å². The standard InChI is InChI=1S/C22H21F3N2O3/c1-13-3-8-20-18(9-13)19(10-14(2)27-20)21(29)26-11-16(28)12-30-17-6-4-15(5-7-17)22(23,24)25/h3-10,16,28H,11-12H2,1-2H3,(H,26,29). The summed E-state index contributed by atoms with van der Waals surface area (Å²) in [6.07, 6.45) is -5.46. The van der Waals surface area contributed by atoms with Crippen LogP contribution < -0.4 is 10.1 Å². The zero-order valence-corrected chi connectivity index (χ0v) is 16.5. The first kappa shape index (κ1) is 21.6. The molecule has 0 saturated heterocycles. The zero-order chi connectivity index (χ0) is 21.9. The monoisotopic (exact) mass is 418 g/mol. The Kier molecular flexibility index (Phi) is 6.26. The van der Waals surface area contributed by atoms with Gasteiger partial charge in [0.15, 0.2) is 0 Å². The van der Waals surface area contributed by atoms with E-state index in [2.05, 4.69) is 10.3 Å². The maximum absolute atomic E-state index is 12.6. The lowest BCUT2D eigenvalue weighted by atomic mass is 10.0. The number of hydrogen-bond donors (Lipinski definition) is 2. The number of aryl methyl sites for hydroxylation is 2. The number of fused-ring (bicyclic) bond motifs is 1. The van der Waals surface area contributed by atoms with Crippen LogP contribution in [0.25, 0.3) is 10.9 Å². The number of amides is 1. The van der Waals surface area contributed by atoms with E-state index in [-0.39, 0.29) is 24.8 Å². The molecule has 1 unspecified atom stereocenters. The first-order chi connectivity index (χ1) is 14.1. The molecule has 0 fully saturated rings. The van der Waals surface area contributed by atoms with Crippen LogP contribution in [0.15, 0.2) is 48.5 Å². The van der Waals surface area contributed by atoms with Crippen LogP contribution in [0, 0.1) is 13.8 Å².